The highest BCUT2D eigenvalue weighted by Crippen LogP contribution is 2.30. The van der Waals surface area contributed by atoms with Crippen LogP contribution in [0, 0.1) is 0 Å². The number of aromatic nitrogens is 2. The van der Waals surface area contributed by atoms with Gasteiger partial charge >= 0.3 is 0 Å². The summed E-state index contributed by atoms with van der Waals surface area (Å²) in [4.78, 5) is 15.0. The van der Waals surface area contributed by atoms with Crippen molar-refractivity contribution in [3.8, 4) is 17.1 Å². The Morgan fingerprint density at radius 2 is 1.63 bits per heavy atom. The Balaban J connectivity index is 0.00000294. The number of furan rings is 1. The number of hydrogen-bond acceptors (Lipinski definition) is 5. The number of hydrogen-bond donors (Lipinski definition) is 1. The lowest BCUT2D eigenvalue weighted by atomic mass is 10.1. The van der Waals surface area contributed by atoms with Crippen LogP contribution in [0.2, 0.25) is 0 Å². The van der Waals surface area contributed by atoms with Gasteiger partial charge in [-0.25, -0.2) is 4.68 Å². The van der Waals surface area contributed by atoms with Crippen LogP contribution in [-0.4, -0.2) is 42.0 Å². The molecule has 1 fully saturated rings. The SMILES string of the molecule is Cl.O=C(C=Cc1cn(-c2ccccc2)nc1-c1cc2ccccc2o1)Nc1ccc(N2CCOCC2)cc1. The number of nitrogens with zero attached hydrogens (tertiary/aromatic N) is 3. The van der Waals surface area contributed by atoms with Crippen LogP contribution >= 0.6 is 12.4 Å². The molecule has 0 saturated carbocycles. The summed E-state index contributed by atoms with van der Waals surface area (Å²) >= 11 is 0. The van der Waals surface area contributed by atoms with E-state index in [1.807, 2.05) is 91.1 Å². The molecule has 3 heterocycles. The molecule has 1 aliphatic rings. The molecule has 1 amide bonds. The molecule has 8 heteroatoms. The summed E-state index contributed by atoms with van der Waals surface area (Å²) in [7, 11) is 0. The van der Waals surface area contributed by atoms with Crippen LogP contribution < -0.4 is 10.2 Å². The van der Waals surface area contributed by atoms with Gasteiger partial charge in [-0.3, -0.25) is 4.79 Å². The second-order valence-electron chi connectivity index (χ2n) is 8.83. The minimum absolute atomic E-state index is 0. The molecular formula is C30H27ClN4O3. The van der Waals surface area contributed by atoms with Gasteiger partial charge in [-0.2, -0.15) is 5.10 Å². The van der Waals surface area contributed by atoms with E-state index in [2.05, 4.69) is 10.2 Å². The fraction of sp³-hybridized carbons (Fsp3) is 0.133. The molecule has 0 aliphatic carbocycles. The molecule has 5 aromatic rings. The molecule has 0 bridgehead atoms. The molecule has 7 nitrogen and oxygen atoms in total. The molecular weight excluding hydrogens is 500 g/mol. The summed E-state index contributed by atoms with van der Waals surface area (Å²) < 4.78 is 13.3. The van der Waals surface area contributed by atoms with Gasteiger partial charge < -0.3 is 19.4 Å². The van der Waals surface area contributed by atoms with E-state index >= 15 is 0 Å². The van der Waals surface area contributed by atoms with E-state index in [1.54, 1.807) is 10.8 Å². The van der Waals surface area contributed by atoms with Crippen molar-refractivity contribution in [2.24, 2.45) is 0 Å². The quantitative estimate of drug-likeness (QED) is 0.267. The van der Waals surface area contributed by atoms with Crippen LogP contribution in [-0.2, 0) is 9.53 Å². The van der Waals surface area contributed by atoms with Crippen molar-refractivity contribution in [2.45, 2.75) is 0 Å². The average Bonchev–Trinajstić information content (AvgIpc) is 3.58. The number of fused-ring (bicyclic) bond motifs is 1. The first-order valence-corrected chi connectivity index (χ1v) is 12.3. The van der Waals surface area contributed by atoms with Crippen molar-refractivity contribution < 1.29 is 13.9 Å². The monoisotopic (exact) mass is 526 g/mol. The number of nitrogens with one attached hydrogen (secondary N) is 1. The zero-order chi connectivity index (χ0) is 25.0. The molecule has 0 radical (unpaired) electrons. The predicted octanol–water partition coefficient (Wildman–Crippen LogP) is 6.20. The Kier molecular flexibility index (Phi) is 7.58. The van der Waals surface area contributed by atoms with Crippen LogP contribution in [0.5, 0.6) is 0 Å². The molecule has 6 rings (SSSR count). The first-order chi connectivity index (χ1) is 18.2. The van der Waals surface area contributed by atoms with E-state index < -0.39 is 0 Å². The summed E-state index contributed by atoms with van der Waals surface area (Å²) in [6.07, 6.45) is 5.19. The smallest absolute Gasteiger partial charge is 0.248 e. The molecule has 2 aromatic heterocycles. The van der Waals surface area contributed by atoms with E-state index in [-0.39, 0.29) is 18.3 Å². The van der Waals surface area contributed by atoms with Gasteiger partial charge in [0, 0.05) is 47.7 Å². The molecule has 0 atom stereocenters. The maximum absolute atomic E-state index is 12.8. The first-order valence-electron chi connectivity index (χ1n) is 12.3. The van der Waals surface area contributed by atoms with Crippen LogP contribution in [0.15, 0.2) is 102 Å². The Morgan fingerprint density at radius 1 is 0.895 bits per heavy atom. The van der Waals surface area contributed by atoms with Gasteiger partial charge in [0.2, 0.25) is 5.91 Å². The van der Waals surface area contributed by atoms with Crippen LogP contribution in [0.4, 0.5) is 11.4 Å². The van der Waals surface area contributed by atoms with Gasteiger partial charge in [-0.05, 0) is 54.6 Å². The van der Waals surface area contributed by atoms with Crippen molar-refractivity contribution in [3.05, 3.63) is 103 Å². The Morgan fingerprint density at radius 3 is 2.39 bits per heavy atom. The van der Waals surface area contributed by atoms with E-state index in [1.165, 1.54) is 6.08 Å². The molecule has 0 spiro atoms. The zero-order valence-electron chi connectivity index (χ0n) is 20.6. The van der Waals surface area contributed by atoms with Gasteiger partial charge in [-0.1, -0.05) is 36.4 Å². The van der Waals surface area contributed by atoms with Crippen molar-refractivity contribution in [3.63, 3.8) is 0 Å². The number of ether oxygens (including phenoxy) is 1. The number of anilines is 2. The van der Waals surface area contributed by atoms with Gasteiger partial charge in [0.15, 0.2) is 5.76 Å². The molecule has 38 heavy (non-hydrogen) atoms. The standard InChI is InChI=1S/C30H26N4O3.ClH/c35-29(31-24-11-13-25(14-12-24)33-16-18-36-19-17-33)15-10-23-21-34(26-7-2-1-3-8-26)32-30(23)28-20-22-6-4-5-9-27(22)37-28;/h1-15,20-21H,16-19H2,(H,31,35);1H. The highest BCUT2D eigenvalue weighted by atomic mass is 35.5. The van der Waals surface area contributed by atoms with Crippen molar-refractivity contribution in [1.29, 1.82) is 0 Å². The minimum Gasteiger partial charge on any atom is -0.454 e. The van der Waals surface area contributed by atoms with Crippen LogP contribution in [0.3, 0.4) is 0 Å². The maximum atomic E-state index is 12.8. The van der Waals surface area contributed by atoms with Crippen molar-refractivity contribution in [1.82, 2.24) is 9.78 Å². The number of rotatable bonds is 6. The second-order valence-corrected chi connectivity index (χ2v) is 8.83. The van der Waals surface area contributed by atoms with E-state index in [4.69, 9.17) is 14.3 Å². The summed E-state index contributed by atoms with van der Waals surface area (Å²) in [5, 5.41) is 8.73. The van der Waals surface area contributed by atoms with Gasteiger partial charge in [0.1, 0.15) is 11.3 Å². The molecule has 1 saturated heterocycles. The number of morpholine rings is 1. The van der Waals surface area contributed by atoms with Crippen molar-refractivity contribution >= 4 is 46.7 Å². The molecule has 1 N–H and O–H groups in total. The predicted molar refractivity (Wildman–Crippen MR) is 153 cm³/mol. The Hall–Kier alpha value is -4.33. The number of para-hydroxylation sites is 2. The summed E-state index contributed by atoms with van der Waals surface area (Å²) in [5.41, 5.74) is 5.02. The number of carbonyl (C=O) groups excluding carboxylic acids is 1. The fourth-order valence-electron chi connectivity index (χ4n) is 4.44. The van der Waals surface area contributed by atoms with E-state index in [0.29, 0.717) is 11.5 Å². The molecule has 1 aliphatic heterocycles. The second kappa shape index (κ2) is 11.4. The van der Waals surface area contributed by atoms with Gasteiger partial charge in [-0.15, -0.1) is 12.4 Å². The Labute approximate surface area is 226 Å². The van der Waals surface area contributed by atoms with Crippen molar-refractivity contribution in [2.75, 3.05) is 36.5 Å². The normalized spacial score (nSPS) is 13.5. The zero-order valence-corrected chi connectivity index (χ0v) is 21.4. The largest absolute Gasteiger partial charge is 0.454 e. The number of amides is 1. The summed E-state index contributed by atoms with van der Waals surface area (Å²) in [6, 6.07) is 27.6. The lowest BCUT2D eigenvalue weighted by Crippen LogP contribution is -2.36. The highest BCUT2D eigenvalue weighted by Gasteiger charge is 2.16. The molecule has 3 aromatic carbocycles. The number of carbonyl (C=O) groups is 1. The maximum Gasteiger partial charge on any atom is 0.248 e. The van der Waals surface area contributed by atoms with Gasteiger partial charge in [0.05, 0.1) is 18.9 Å². The van der Waals surface area contributed by atoms with E-state index in [0.717, 1.165) is 59.9 Å². The molecule has 192 valence electrons. The third-order valence-electron chi connectivity index (χ3n) is 6.35. The topological polar surface area (TPSA) is 72.5 Å². The third-order valence-corrected chi connectivity index (χ3v) is 6.35. The van der Waals surface area contributed by atoms with Gasteiger partial charge in [0.25, 0.3) is 0 Å². The lowest BCUT2D eigenvalue weighted by Gasteiger charge is -2.28. The van der Waals surface area contributed by atoms with E-state index in [9.17, 15) is 4.79 Å². The number of halogens is 1. The lowest BCUT2D eigenvalue weighted by molar-refractivity contribution is -0.111. The molecule has 0 unspecified atom stereocenters. The Bertz CT molecular complexity index is 1520. The van der Waals surface area contributed by atoms with Crippen LogP contribution in [0.25, 0.3) is 34.2 Å². The summed E-state index contributed by atoms with van der Waals surface area (Å²) in [6.45, 7) is 3.22. The minimum atomic E-state index is -0.220. The van der Waals surface area contributed by atoms with Crippen LogP contribution in [0.1, 0.15) is 5.56 Å². The highest BCUT2D eigenvalue weighted by molar-refractivity contribution is 6.02. The average molecular weight is 527 g/mol. The fourth-order valence-corrected chi connectivity index (χ4v) is 4.44. The number of benzene rings is 3. The first kappa shape index (κ1) is 25.3. The summed E-state index contributed by atoms with van der Waals surface area (Å²) in [5.74, 6) is 0.428. The third kappa shape index (κ3) is 5.49.